The lowest BCUT2D eigenvalue weighted by Gasteiger charge is -2.29. The predicted molar refractivity (Wildman–Crippen MR) is 82.0 cm³/mol. The molecule has 0 aromatic heterocycles. The summed E-state index contributed by atoms with van der Waals surface area (Å²) < 4.78 is 7.19. The lowest BCUT2D eigenvalue weighted by Crippen LogP contribution is -2.27. The first-order valence-electron chi connectivity index (χ1n) is 6.13. The molecule has 1 aromatic carbocycles. The van der Waals surface area contributed by atoms with Gasteiger partial charge in [-0.1, -0.05) is 42.9 Å². The number of halogens is 1. The smallest absolute Gasteiger partial charge is 0.125 e. The van der Waals surface area contributed by atoms with Crippen molar-refractivity contribution in [2.75, 3.05) is 6.61 Å². The average Bonchev–Trinajstić information content (AvgIpc) is 2.15. The van der Waals surface area contributed by atoms with E-state index in [2.05, 4.69) is 68.9 Å². The van der Waals surface area contributed by atoms with E-state index in [1.165, 1.54) is 11.1 Å². The Balaban J connectivity index is 2.83. The first kappa shape index (κ1) is 14.8. The summed E-state index contributed by atoms with van der Waals surface area (Å²) in [7, 11) is -0.696. The highest BCUT2D eigenvalue weighted by Crippen LogP contribution is 2.32. The van der Waals surface area contributed by atoms with Crippen molar-refractivity contribution in [3.63, 3.8) is 0 Å². The van der Waals surface area contributed by atoms with Crippen LogP contribution >= 0.6 is 15.9 Å². The Bertz CT molecular complexity index is 376. The summed E-state index contributed by atoms with van der Waals surface area (Å²) in [5.41, 5.74) is 2.41. The fraction of sp³-hybridized carbons (Fsp3) is 0.571. The van der Waals surface area contributed by atoms with Gasteiger partial charge in [0.1, 0.15) is 5.75 Å². The molecule has 0 aliphatic heterocycles. The molecule has 0 radical (unpaired) electrons. The second-order valence-corrected chi connectivity index (χ2v) is 10.6. The molecule has 0 aliphatic carbocycles. The van der Waals surface area contributed by atoms with Crippen molar-refractivity contribution in [1.82, 2.24) is 0 Å². The summed E-state index contributed by atoms with van der Waals surface area (Å²) >= 11 is 3.51. The Kier molecular flexibility index (Phi) is 4.84. The summed E-state index contributed by atoms with van der Waals surface area (Å²) in [5, 5.41) is 0.339. The van der Waals surface area contributed by atoms with Crippen LogP contribution in [-0.4, -0.2) is 15.4 Å². The maximum absolute atomic E-state index is 6.06. The maximum Gasteiger partial charge on any atom is 0.125 e. The molecule has 1 aromatic rings. The van der Waals surface area contributed by atoms with E-state index >= 15 is 0 Å². The van der Waals surface area contributed by atoms with E-state index in [0.717, 1.165) is 16.8 Å². The van der Waals surface area contributed by atoms with Crippen LogP contribution in [0.15, 0.2) is 16.6 Å². The van der Waals surface area contributed by atoms with E-state index in [0.29, 0.717) is 5.04 Å². The van der Waals surface area contributed by atoms with Gasteiger partial charge in [0.2, 0.25) is 0 Å². The molecule has 1 nitrogen and oxygen atoms in total. The summed E-state index contributed by atoms with van der Waals surface area (Å²) in [5.74, 6) is 1.05. The van der Waals surface area contributed by atoms with Crippen LogP contribution in [0.2, 0.25) is 18.1 Å². The van der Waals surface area contributed by atoms with Crippen LogP contribution in [0.3, 0.4) is 0 Å². The Labute approximate surface area is 115 Å². The van der Waals surface area contributed by atoms with Crippen LogP contribution < -0.4 is 4.74 Å². The molecule has 0 spiro atoms. The van der Waals surface area contributed by atoms with Gasteiger partial charge in [-0.2, -0.15) is 0 Å². The fourth-order valence-corrected chi connectivity index (χ4v) is 2.65. The average molecular weight is 315 g/mol. The zero-order valence-corrected chi connectivity index (χ0v) is 14.5. The summed E-state index contributed by atoms with van der Waals surface area (Å²) in [6.45, 7) is 14.4. The predicted octanol–water partition coefficient (Wildman–Crippen LogP) is 4.71. The molecule has 3 heteroatoms. The molecule has 0 amide bonds. The van der Waals surface area contributed by atoms with Gasteiger partial charge in [-0.05, 0) is 42.1 Å². The van der Waals surface area contributed by atoms with Crippen LogP contribution in [0.4, 0.5) is 0 Å². The van der Waals surface area contributed by atoms with Crippen molar-refractivity contribution < 1.29 is 4.74 Å². The lowest BCUT2D eigenvalue weighted by atomic mass is 10.1. The van der Waals surface area contributed by atoms with Gasteiger partial charge in [0.25, 0.3) is 0 Å². The molecule has 0 saturated heterocycles. The van der Waals surface area contributed by atoms with Crippen molar-refractivity contribution in [1.29, 1.82) is 0 Å². The first-order valence-corrected chi connectivity index (χ1v) is 9.81. The van der Waals surface area contributed by atoms with Gasteiger partial charge in [0.15, 0.2) is 0 Å². The summed E-state index contributed by atoms with van der Waals surface area (Å²) in [4.78, 5) is 0. The third-order valence-electron chi connectivity index (χ3n) is 3.58. The Morgan fingerprint density at radius 2 is 1.65 bits per heavy atom. The Morgan fingerprint density at radius 1 is 1.18 bits per heavy atom. The van der Waals surface area contributed by atoms with Gasteiger partial charge in [0, 0.05) is 13.3 Å². The van der Waals surface area contributed by atoms with Gasteiger partial charge in [0.05, 0.1) is 6.61 Å². The first-order chi connectivity index (χ1) is 7.74. The summed E-state index contributed by atoms with van der Waals surface area (Å²) in [6.07, 6.45) is 0. The highest BCUT2D eigenvalue weighted by atomic mass is 79.9. The van der Waals surface area contributed by atoms with Crippen molar-refractivity contribution in [3.8, 4) is 5.75 Å². The molecule has 0 heterocycles. The lowest BCUT2D eigenvalue weighted by molar-refractivity contribution is 0.273. The van der Waals surface area contributed by atoms with Crippen LogP contribution in [0.25, 0.3) is 0 Å². The van der Waals surface area contributed by atoms with Crippen molar-refractivity contribution in [3.05, 3.63) is 27.7 Å². The normalized spacial score (nSPS) is 12.0. The monoisotopic (exact) mass is 314 g/mol. The second kappa shape index (κ2) is 5.57. The Hall–Kier alpha value is -0.283. The van der Waals surface area contributed by atoms with Gasteiger partial charge in [-0.3, -0.25) is 0 Å². The van der Waals surface area contributed by atoms with Gasteiger partial charge in [-0.15, -0.1) is 0 Å². The zero-order valence-electron chi connectivity index (χ0n) is 11.7. The molecule has 0 fully saturated rings. The van der Waals surface area contributed by atoms with E-state index in [-0.39, 0.29) is 0 Å². The van der Waals surface area contributed by atoms with Gasteiger partial charge < -0.3 is 4.74 Å². The number of aryl methyl sites for hydroxylation is 2. The van der Waals surface area contributed by atoms with Crippen LogP contribution in [0.1, 0.15) is 25.0 Å². The van der Waals surface area contributed by atoms with E-state index in [9.17, 15) is 0 Å². The fourth-order valence-electron chi connectivity index (χ4n) is 1.55. The summed E-state index contributed by atoms with van der Waals surface area (Å²) in [6, 6.07) is 4.23. The van der Waals surface area contributed by atoms with Crippen LogP contribution in [0, 0.1) is 13.8 Å². The second-order valence-electron chi connectivity index (χ2n) is 5.80. The highest BCUT2D eigenvalue weighted by Gasteiger charge is 2.24. The molecule has 0 N–H and O–H groups in total. The maximum atomic E-state index is 6.06. The number of benzene rings is 1. The molecule has 0 bridgehead atoms. The molecule has 1 rings (SSSR count). The van der Waals surface area contributed by atoms with Crippen molar-refractivity contribution in [2.24, 2.45) is 0 Å². The van der Waals surface area contributed by atoms with Crippen LogP contribution in [-0.2, 0) is 0 Å². The Morgan fingerprint density at radius 3 is 2.06 bits per heavy atom. The molecule has 0 unspecified atom stereocenters. The molecular weight excluding hydrogens is 292 g/mol. The molecule has 96 valence electrons. The zero-order chi connectivity index (χ0) is 13.2. The number of rotatable bonds is 4. The number of hydrogen-bond acceptors (Lipinski definition) is 1. The standard InChI is InChI=1S/C14H23BrOSi/c1-10-7-12(15)8-11(2)13(10)16-9-14(3,4)17(5)6/h7-8,17H,9H2,1-6H3. The van der Waals surface area contributed by atoms with Gasteiger partial charge >= 0.3 is 0 Å². The molecular formula is C14H23BrOSi. The minimum atomic E-state index is -0.696. The largest absolute Gasteiger partial charge is 0.493 e. The minimum Gasteiger partial charge on any atom is -0.493 e. The van der Waals surface area contributed by atoms with E-state index in [4.69, 9.17) is 4.74 Å². The van der Waals surface area contributed by atoms with E-state index in [1.54, 1.807) is 0 Å². The molecule has 0 aliphatic rings. The topological polar surface area (TPSA) is 9.23 Å². The number of hydrogen-bond donors (Lipinski definition) is 0. The molecule has 0 atom stereocenters. The van der Waals surface area contributed by atoms with E-state index in [1.807, 2.05) is 0 Å². The van der Waals surface area contributed by atoms with Crippen molar-refractivity contribution in [2.45, 2.75) is 45.8 Å². The van der Waals surface area contributed by atoms with Crippen LogP contribution in [0.5, 0.6) is 5.75 Å². The quantitative estimate of drug-likeness (QED) is 0.731. The van der Waals surface area contributed by atoms with Gasteiger partial charge in [-0.25, -0.2) is 0 Å². The molecule has 0 saturated carbocycles. The third-order valence-corrected chi connectivity index (χ3v) is 7.33. The van der Waals surface area contributed by atoms with Crippen molar-refractivity contribution >= 4 is 24.7 Å². The third kappa shape index (κ3) is 3.85. The highest BCUT2D eigenvalue weighted by molar-refractivity contribution is 9.10. The van der Waals surface area contributed by atoms with E-state index < -0.39 is 8.80 Å². The molecule has 17 heavy (non-hydrogen) atoms. The number of ether oxygens (including phenoxy) is 1. The SMILES string of the molecule is Cc1cc(Br)cc(C)c1OCC(C)(C)[SiH](C)C. The minimum absolute atomic E-state index is 0.339.